The summed E-state index contributed by atoms with van der Waals surface area (Å²) in [6.45, 7) is 23.3. The minimum atomic E-state index is -1.99. The summed E-state index contributed by atoms with van der Waals surface area (Å²) >= 11 is 2.29. The third-order valence-corrected chi connectivity index (χ3v) is 17.6. The maximum Gasteiger partial charge on any atom is 0.192 e. The van der Waals surface area contributed by atoms with Crippen LogP contribution < -0.4 is 5.73 Å². The van der Waals surface area contributed by atoms with Gasteiger partial charge in [0.2, 0.25) is 0 Å². The second-order valence-corrected chi connectivity index (χ2v) is 22.9. The molecule has 2 aromatic heterocycles. The number of hydrogen-bond donors (Lipinski definition) is 1. The Kier molecular flexibility index (Phi) is 7.51. The van der Waals surface area contributed by atoms with Crippen molar-refractivity contribution < 1.29 is 13.6 Å². The van der Waals surface area contributed by atoms with Crippen LogP contribution in [0.2, 0.25) is 36.3 Å². The van der Waals surface area contributed by atoms with Crippen molar-refractivity contribution in [3.8, 4) is 0 Å². The van der Waals surface area contributed by atoms with Gasteiger partial charge >= 0.3 is 0 Å². The number of halogens is 1. The minimum Gasteiger partial charge on any atom is -0.414 e. The SMILES string of the molecule is CC(C)(C)[Si](C)(C)OCC1O[C@@H](n2cc(I)c3c(N)ncnc32)CC1O[Si](C)(C)C(C)(C)C. The number of aromatic nitrogens is 3. The second-order valence-electron chi connectivity index (χ2n) is 12.2. The molecule has 0 aliphatic carbocycles. The quantitative estimate of drug-likeness (QED) is 0.307. The summed E-state index contributed by atoms with van der Waals surface area (Å²) in [4.78, 5) is 8.69. The Bertz CT molecular complexity index is 998. The molecule has 0 amide bonds. The molecule has 3 rings (SSSR count). The molecule has 3 heterocycles. The van der Waals surface area contributed by atoms with Crippen LogP contribution in [0.15, 0.2) is 12.5 Å². The molecule has 0 radical (unpaired) electrons. The predicted molar refractivity (Wildman–Crippen MR) is 148 cm³/mol. The Hall–Kier alpha value is -0.536. The Balaban J connectivity index is 1.91. The Morgan fingerprint density at radius 1 is 1.09 bits per heavy atom. The normalized spacial score (nSPS) is 22.9. The molecule has 33 heavy (non-hydrogen) atoms. The molecule has 2 unspecified atom stereocenters. The number of rotatable bonds is 6. The first kappa shape index (κ1) is 27.1. The zero-order chi connectivity index (χ0) is 25.0. The van der Waals surface area contributed by atoms with Crippen LogP contribution in [-0.2, 0) is 13.6 Å². The van der Waals surface area contributed by atoms with E-state index in [0.717, 1.165) is 21.0 Å². The zero-order valence-corrected chi connectivity index (χ0v) is 26.0. The van der Waals surface area contributed by atoms with Gasteiger partial charge < -0.3 is 23.9 Å². The van der Waals surface area contributed by atoms with Crippen LogP contribution in [-0.4, -0.2) is 50.0 Å². The number of anilines is 1. The topological polar surface area (TPSA) is 84.4 Å². The Morgan fingerprint density at radius 2 is 1.70 bits per heavy atom. The number of nitrogen functional groups attached to an aromatic ring is 1. The highest BCUT2D eigenvalue weighted by atomic mass is 127. The molecule has 10 heteroatoms. The molecule has 0 saturated carbocycles. The van der Waals surface area contributed by atoms with E-state index in [0.29, 0.717) is 12.4 Å². The Labute approximate surface area is 214 Å². The fourth-order valence-corrected chi connectivity index (χ4v) is 6.68. The monoisotopic (exact) mass is 604 g/mol. The smallest absolute Gasteiger partial charge is 0.192 e. The Morgan fingerprint density at radius 3 is 2.27 bits per heavy atom. The molecule has 1 aliphatic heterocycles. The van der Waals surface area contributed by atoms with Crippen LogP contribution >= 0.6 is 22.6 Å². The van der Waals surface area contributed by atoms with Gasteiger partial charge in [0.25, 0.3) is 0 Å². The van der Waals surface area contributed by atoms with Crippen molar-refractivity contribution in [2.45, 2.75) is 103 Å². The van der Waals surface area contributed by atoms with Crippen molar-refractivity contribution in [1.82, 2.24) is 14.5 Å². The van der Waals surface area contributed by atoms with E-state index in [9.17, 15) is 0 Å². The lowest BCUT2D eigenvalue weighted by atomic mass is 10.2. The lowest BCUT2D eigenvalue weighted by molar-refractivity contribution is -0.0382. The van der Waals surface area contributed by atoms with Crippen LogP contribution in [0.3, 0.4) is 0 Å². The fraction of sp³-hybridized carbons (Fsp3) is 0.739. The van der Waals surface area contributed by atoms with Crippen molar-refractivity contribution >= 4 is 56.1 Å². The largest absolute Gasteiger partial charge is 0.414 e. The van der Waals surface area contributed by atoms with Gasteiger partial charge in [-0.05, 0) is 58.9 Å². The van der Waals surface area contributed by atoms with E-state index in [4.69, 9.17) is 19.3 Å². The molecule has 186 valence electrons. The summed E-state index contributed by atoms with van der Waals surface area (Å²) < 4.78 is 23.2. The molecule has 0 aromatic carbocycles. The van der Waals surface area contributed by atoms with Crippen LogP contribution in [0.25, 0.3) is 11.0 Å². The van der Waals surface area contributed by atoms with E-state index < -0.39 is 16.6 Å². The van der Waals surface area contributed by atoms with E-state index in [1.54, 1.807) is 0 Å². The summed E-state index contributed by atoms with van der Waals surface area (Å²) in [6, 6.07) is 0. The molecule has 2 aromatic rings. The molecular formula is C23H41IN4O3Si2. The maximum atomic E-state index is 6.90. The van der Waals surface area contributed by atoms with Crippen LogP contribution in [0.5, 0.6) is 0 Å². The molecule has 1 fully saturated rings. The first-order chi connectivity index (χ1) is 14.9. The lowest BCUT2D eigenvalue weighted by Crippen LogP contribution is -2.48. The summed E-state index contributed by atoms with van der Waals surface area (Å²) in [6.07, 6.45) is 3.97. The lowest BCUT2D eigenvalue weighted by Gasteiger charge is -2.40. The van der Waals surface area contributed by atoms with Crippen molar-refractivity contribution in [2.24, 2.45) is 0 Å². The molecular weight excluding hydrogens is 563 g/mol. The van der Waals surface area contributed by atoms with Gasteiger partial charge in [0, 0.05) is 16.2 Å². The average molecular weight is 605 g/mol. The van der Waals surface area contributed by atoms with Crippen LogP contribution in [0.1, 0.15) is 54.2 Å². The van der Waals surface area contributed by atoms with E-state index in [1.807, 2.05) is 0 Å². The van der Waals surface area contributed by atoms with Gasteiger partial charge in [-0.15, -0.1) is 0 Å². The molecule has 7 nitrogen and oxygen atoms in total. The second kappa shape index (κ2) is 9.16. The van der Waals surface area contributed by atoms with Gasteiger partial charge in [-0.3, -0.25) is 0 Å². The molecule has 2 N–H and O–H groups in total. The van der Waals surface area contributed by atoms with Crippen molar-refractivity contribution in [3.63, 3.8) is 0 Å². The summed E-state index contributed by atoms with van der Waals surface area (Å²) in [5.41, 5.74) is 6.95. The third kappa shape index (κ3) is 5.50. The molecule has 0 bridgehead atoms. The minimum absolute atomic E-state index is 0.0324. The van der Waals surface area contributed by atoms with Gasteiger partial charge in [-0.25, -0.2) is 9.97 Å². The first-order valence-electron chi connectivity index (χ1n) is 11.7. The maximum absolute atomic E-state index is 6.90. The van der Waals surface area contributed by atoms with Crippen molar-refractivity contribution in [3.05, 3.63) is 16.1 Å². The highest BCUT2D eigenvalue weighted by molar-refractivity contribution is 14.1. The average Bonchev–Trinajstić information content (AvgIpc) is 3.19. The van der Waals surface area contributed by atoms with Crippen LogP contribution in [0, 0.1) is 3.57 Å². The van der Waals surface area contributed by atoms with Gasteiger partial charge in [-0.2, -0.15) is 0 Å². The van der Waals surface area contributed by atoms with E-state index in [1.165, 1.54) is 6.33 Å². The van der Waals surface area contributed by atoms with E-state index >= 15 is 0 Å². The van der Waals surface area contributed by atoms with Gasteiger partial charge in [0.05, 0.1) is 18.1 Å². The van der Waals surface area contributed by atoms with Gasteiger partial charge in [0.1, 0.15) is 30.1 Å². The molecule has 1 saturated heterocycles. The van der Waals surface area contributed by atoms with E-state index in [-0.39, 0.29) is 28.5 Å². The third-order valence-electron chi connectivity index (χ3n) is 7.75. The highest BCUT2D eigenvalue weighted by Crippen LogP contribution is 2.43. The number of ether oxygens (including phenoxy) is 1. The molecule has 3 atom stereocenters. The number of nitrogens with zero attached hydrogens (tertiary/aromatic N) is 3. The predicted octanol–water partition coefficient (Wildman–Crippen LogP) is 6.32. The van der Waals surface area contributed by atoms with Crippen molar-refractivity contribution in [2.75, 3.05) is 12.3 Å². The number of hydrogen-bond acceptors (Lipinski definition) is 6. The number of fused-ring (bicyclic) bond motifs is 1. The highest BCUT2D eigenvalue weighted by Gasteiger charge is 2.46. The zero-order valence-electron chi connectivity index (χ0n) is 21.8. The fourth-order valence-electron chi connectivity index (χ4n) is 3.49. The molecule has 0 spiro atoms. The summed E-state index contributed by atoms with van der Waals surface area (Å²) in [5, 5.41) is 1.14. The van der Waals surface area contributed by atoms with Crippen LogP contribution in [0.4, 0.5) is 5.82 Å². The summed E-state index contributed by atoms with van der Waals surface area (Å²) in [5.74, 6) is 0.494. The number of nitrogens with two attached hydrogens (primary N) is 1. The summed E-state index contributed by atoms with van der Waals surface area (Å²) in [7, 11) is -3.91. The first-order valence-corrected chi connectivity index (χ1v) is 18.6. The van der Waals surface area contributed by atoms with Gasteiger partial charge in [0.15, 0.2) is 16.6 Å². The van der Waals surface area contributed by atoms with Crippen molar-refractivity contribution in [1.29, 1.82) is 0 Å². The standard InChI is InChI=1S/C23H41IN4O3Si2/c1-22(2,3)32(7,8)29-13-17-16(31-33(9,10)23(4,5)6)11-18(30-17)28-12-15(24)19-20(25)26-14-27-21(19)28/h12,14,16-18H,11,13H2,1-10H3,(H2,25,26,27)/t16?,17?,18-/m1/s1. The molecule has 1 aliphatic rings. The van der Waals surface area contributed by atoms with E-state index in [2.05, 4.69) is 111 Å². The van der Waals surface area contributed by atoms with Gasteiger partial charge in [-0.1, -0.05) is 41.5 Å².